The van der Waals surface area contributed by atoms with Crippen molar-refractivity contribution < 1.29 is 14.3 Å². The van der Waals surface area contributed by atoms with E-state index in [2.05, 4.69) is 20.8 Å². The first-order chi connectivity index (χ1) is 15.5. The molecule has 2 amide bonds. The smallest absolute Gasteiger partial charge is 0.249 e. The largest absolute Gasteiger partial charge is 0.497 e. The molecule has 1 heterocycles. The highest BCUT2D eigenvalue weighted by Gasteiger charge is 2.26. The van der Waals surface area contributed by atoms with E-state index in [9.17, 15) is 9.59 Å². The second-order valence-corrected chi connectivity index (χ2v) is 8.53. The van der Waals surface area contributed by atoms with Gasteiger partial charge in [-0.2, -0.15) is 0 Å². The van der Waals surface area contributed by atoms with E-state index in [1.54, 1.807) is 7.11 Å². The number of nitrogens with zero attached hydrogens (tertiary/aromatic N) is 2. The molecule has 0 fully saturated rings. The van der Waals surface area contributed by atoms with Crippen molar-refractivity contribution in [2.75, 3.05) is 12.4 Å². The summed E-state index contributed by atoms with van der Waals surface area (Å²) in [7, 11) is 1.61. The lowest BCUT2D eigenvalue weighted by Crippen LogP contribution is -2.47. The van der Waals surface area contributed by atoms with Crippen molar-refractivity contribution in [3.05, 3.63) is 60.2 Å². The molecule has 168 valence electrons. The SMILES string of the molecule is CCC(C)C(NC(=O)CCc1ccccc1)C(=O)Nc1nnc(-c2cccc(OC)c2)s1. The van der Waals surface area contributed by atoms with E-state index in [1.807, 2.05) is 68.4 Å². The minimum absolute atomic E-state index is 0.0264. The number of aromatic nitrogens is 2. The number of anilines is 1. The van der Waals surface area contributed by atoms with Crippen LogP contribution in [0.3, 0.4) is 0 Å². The summed E-state index contributed by atoms with van der Waals surface area (Å²) in [6, 6.07) is 16.7. The van der Waals surface area contributed by atoms with Gasteiger partial charge in [0.1, 0.15) is 16.8 Å². The Bertz CT molecular complexity index is 1040. The van der Waals surface area contributed by atoms with Crippen LogP contribution in [0, 0.1) is 5.92 Å². The normalized spacial score (nSPS) is 12.6. The Kier molecular flexibility index (Phi) is 8.33. The van der Waals surface area contributed by atoms with Crippen LogP contribution in [0.1, 0.15) is 32.3 Å². The fourth-order valence-corrected chi connectivity index (χ4v) is 3.92. The summed E-state index contributed by atoms with van der Waals surface area (Å²) in [6.45, 7) is 3.94. The lowest BCUT2D eigenvalue weighted by Gasteiger charge is -2.23. The summed E-state index contributed by atoms with van der Waals surface area (Å²) in [5.41, 5.74) is 1.95. The number of carbonyl (C=O) groups excluding carboxylic acids is 2. The second kappa shape index (κ2) is 11.4. The zero-order chi connectivity index (χ0) is 22.9. The zero-order valence-corrected chi connectivity index (χ0v) is 19.3. The van der Waals surface area contributed by atoms with Gasteiger partial charge >= 0.3 is 0 Å². The molecule has 0 radical (unpaired) electrons. The molecule has 7 nitrogen and oxygen atoms in total. The Labute approximate surface area is 192 Å². The molecular formula is C24H28N4O3S. The molecule has 2 N–H and O–H groups in total. The third-order valence-corrected chi connectivity index (χ3v) is 6.16. The quantitative estimate of drug-likeness (QED) is 0.478. The van der Waals surface area contributed by atoms with Gasteiger partial charge in [0, 0.05) is 12.0 Å². The topological polar surface area (TPSA) is 93.2 Å². The van der Waals surface area contributed by atoms with Crippen molar-refractivity contribution >= 4 is 28.3 Å². The van der Waals surface area contributed by atoms with Crippen LogP contribution in [0.5, 0.6) is 5.75 Å². The van der Waals surface area contributed by atoms with Crippen LogP contribution in [0.15, 0.2) is 54.6 Å². The molecule has 3 rings (SSSR count). The van der Waals surface area contributed by atoms with E-state index in [-0.39, 0.29) is 17.7 Å². The average molecular weight is 453 g/mol. The van der Waals surface area contributed by atoms with Gasteiger partial charge in [-0.05, 0) is 30.0 Å². The minimum atomic E-state index is -0.646. The number of ether oxygens (including phenoxy) is 1. The summed E-state index contributed by atoms with van der Waals surface area (Å²) < 4.78 is 5.25. The van der Waals surface area contributed by atoms with Crippen molar-refractivity contribution in [2.24, 2.45) is 5.92 Å². The number of rotatable bonds is 10. The minimum Gasteiger partial charge on any atom is -0.497 e. The molecule has 0 bridgehead atoms. The average Bonchev–Trinajstić information content (AvgIpc) is 3.29. The number of hydrogen-bond acceptors (Lipinski definition) is 6. The van der Waals surface area contributed by atoms with Gasteiger partial charge in [0.05, 0.1) is 7.11 Å². The maximum absolute atomic E-state index is 13.0. The standard InChI is InChI=1S/C24H28N4O3S/c1-4-16(2)21(25-20(29)14-13-17-9-6-5-7-10-17)22(30)26-24-28-27-23(32-24)18-11-8-12-19(15-18)31-3/h5-12,15-16,21H,4,13-14H2,1-3H3,(H,25,29)(H,26,28,30). The Morgan fingerprint density at radius 2 is 1.88 bits per heavy atom. The maximum Gasteiger partial charge on any atom is 0.249 e. The molecule has 0 spiro atoms. The van der Waals surface area contributed by atoms with Crippen LogP contribution < -0.4 is 15.4 Å². The van der Waals surface area contributed by atoms with E-state index >= 15 is 0 Å². The van der Waals surface area contributed by atoms with Crippen molar-refractivity contribution in [1.29, 1.82) is 0 Å². The van der Waals surface area contributed by atoms with E-state index < -0.39 is 6.04 Å². The molecule has 0 saturated heterocycles. The van der Waals surface area contributed by atoms with Crippen LogP contribution in [-0.2, 0) is 16.0 Å². The molecular weight excluding hydrogens is 424 g/mol. The highest BCUT2D eigenvalue weighted by Crippen LogP contribution is 2.29. The van der Waals surface area contributed by atoms with Gasteiger partial charge in [-0.25, -0.2) is 0 Å². The van der Waals surface area contributed by atoms with Gasteiger partial charge in [0.25, 0.3) is 0 Å². The Hall–Kier alpha value is -3.26. The van der Waals surface area contributed by atoms with Gasteiger partial charge in [-0.3, -0.25) is 14.9 Å². The predicted molar refractivity (Wildman–Crippen MR) is 127 cm³/mol. The van der Waals surface area contributed by atoms with Crippen LogP contribution in [-0.4, -0.2) is 35.2 Å². The third-order valence-electron chi connectivity index (χ3n) is 5.27. The molecule has 32 heavy (non-hydrogen) atoms. The summed E-state index contributed by atoms with van der Waals surface area (Å²) in [5, 5.41) is 15.0. The van der Waals surface area contributed by atoms with Crippen LogP contribution in [0.4, 0.5) is 5.13 Å². The molecule has 0 aliphatic rings. The Morgan fingerprint density at radius 3 is 2.59 bits per heavy atom. The Balaban J connectivity index is 1.63. The van der Waals surface area contributed by atoms with E-state index in [0.717, 1.165) is 23.3 Å². The molecule has 0 aliphatic carbocycles. The molecule has 8 heteroatoms. The predicted octanol–water partition coefficient (Wildman–Crippen LogP) is 4.32. The van der Waals surface area contributed by atoms with Crippen LogP contribution in [0.2, 0.25) is 0 Å². The molecule has 2 unspecified atom stereocenters. The molecule has 0 aliphatic heterocycles. The highest BCUT2D eigenvalue weighted by atomic mass is 32.1. The zero-order valence-electron chi connectivity index (χ0n) is 18.5. The first-order valence-corrected chi connectivity index (χ1v) is 11.4. The van der Waals surface area contributed by atoms with Crippen molar-refractivity contribution in [1.82, 2.24) is 15.5 Å². The maximum atomic E-state index is 13.0. The first-order valence-electron chi connectivity index (χ1n) is 10.6. The highest BCUT2D eigenvalue weighted by molar-refractivity contribution is 7.18. The number of benzene rings is 2. The fourth-order valence-electron chi connectivity index (χ4n) is 3.18. The number of aryl methyl sites for hydroxylation is 1. The number of nitrogens with one attached hydrogen (secondary N) is 2. The second-order valence-electron chi connectivity index (χ2n) is 7.55. The number of amides is 2. The van der Waals surface area contributed by atoms with Gasteiger partial charge < -0.3 is 10.1 Å². The summed E-state index contributed by atoms with van der Waals surface area (Å²) in [4.78, 5) is 25.5. The lowest BCUT2D eigenvalue weighted by molar-refractivity contribution is -0.127. The van der Waals surface area contributed by atoms with Gasteiger partial charge in [-0.1, -0.05) is 74.1 Å². The first kappa shape index (κ1) is 23.4. The number of hydrogen-bond donors (Lipinski definition) is 2. The van der Waals surface area contributed by atoms with Gasteiger partial charge in [0.15, 0.2) is 0 Å². The van der Waals surface area contributed by atoms with E-state index in [4.69, 9.17) is 4.74 Å². The monoisotopic (exact) mass is 452 g/mol. The molecule has 3 aromatic rings. The van der Waals surface area contributed by atoms with Gasteiger partial charge in [-0.15, -0.1) is 10.2 Å². The molecule has 0 saturated carbocycles. The van der Waals surface area contributed by atoms with Crippen molar-refractivity contribution in [2.45, 2.75) is 39.2 Å². The van der Waals surface area contributed by atoms with Crippen molar-refractivity contribution in [3.63, 3.8) is 0 Å². The van der Waals surface area contributed by atoms with Crippen LogP contribution >= 0.6 is 11.3 Å². The number of methoxy groups -OCH3 is 1. The summed E-state index contributed by atoms with van der Waals surface area (Å²) in [6.07, 6.45) is 1.70. The molecule has 2 aromatic carbocycles. The number of carbonyl (C=O) groups is 2. The van der Waals surface area contributed by atoms with Crippen LogP contribution in [0.25, 0.3) is 10.6 Å². The fraction of sp³-hybridized carbons (Fsp3) is 0.333. The van der Waals surface area contributed by atoms with E-state index in [0.29, 0.717) is 23.0 Å². The van der Waals surface area contributed by atoms with E-state index in [1.165, 1.54) is 11.3 Å². The summed E-state index contributed by atoms with van der Waals surface area (Å²) >= 11 is 1.27. The van der Waals surface area contributed by atoms with Gasteiger partial charge in [0.2, 0.25) is 16.9 Å². The summed E-state index contributed by atoms with van der Waals surface area (Å²) in [5.74, 6) is 0.254. The molecule has 2 atom stereocenters. The third kappa shape index (κ3) is 6.37. The lowest BCUT2D eigenvalue weighted by atomic mass is 9.98. The molecule has 1 aromatic heterocycles. The Morgan fingerprint density at radius 1 is 1.09 bits per heavy atom. The van der Waals surface area contributed by atoms with Crippen molar-refractivity contribution in [3.8, 4) is 16.3 Å².